The van der Waals surface area contributed by atoms with E-state index in [4.69, 9.17) is 0 Å². The number of nitrogens with zero attached hydrogens (tertiary/aromatic N) is 1. The van der Waals surface area contributed by atoms with Crippen molar-refractivity contribution in [3.05, 3.63) is 0 Å². The van der Waals surface area contributed by atoms with Gasteiger partial charge in [0.25, 0.3) is 0 Å². The van der Waals surface area contributed by atoms with Crippen LogP contribution in [0.5, 0.6) is 0 Å². The quantitative estimate of drug-likeness (QED) is 0.822. The summed E-state index contributed by atoms with van der Waals surface area (Å²) in [6.07, 6.45) is 9.85. The highest BCUT2D eigenvalue weighted by Crippen LogP contribution is 2.42. The van der Waals surface area contributed by atoms with Crippen LogP contribution >= 0.6 is 0 Å². The van der Waals surface area contributed by atoms with Crippen LogP contribution in [0, 0.1) is 11.3 Å². The topological polar surface area (TPSA) is 15.3 Å². The molecule has 4 atom stereocenters. The molecule has 2 heteroatoms. The lowest BCUT2D eigenvalue weighted by Crippen LogP contribution is -2.56. The number of piperidine rings is 2. The number of nitrogens with one attached hydrogen (secondary N) is 1. The summed E-state index contributed by atoms with van der Waals surface area (Å²) in [5.74, 6) is 0.856. The second-order valence-corrected chi connectivity index (χ2v) is 8.40. The van der Waals surface area contributed by atoms with Crippen LogP contribution in [0.3, 0.4) is 0 Å². The van der Waals surface area contributed by atoms with Gasteiger partial charge in [0.1, 0.15) is 0 Å². The molecule has 1 aliphatic carbocycles. The van der Waals surface area contributed by atoms with Crippen molar-refractivity contribution in [2.45, 2.75) is 89.9 Å². The summed E-state index contributed by atoms with van der Waals surface area (Å²) in [6, 6.07) is 3.27. The van der Waals surface area contributed by atoms with Crippen LogP contribution in [-0.2, 0) is 0 Å². The van der Waals surface area contributed by atoms with Crippen molar-refractivity contribution in [3.63, 3.8) is 0 Å². The first-order valence-corrected chi connectivity index (χ1v) is 8.42. The van der Waals surface area contributed by atoms with Gasteiger partial charge in [0, 0.05) is 24.2 Å². The molecule has 2 heterocycles. The van der Waals surface area contributed by atoms with Crippen molar-refractivity contribution < 1.29 is 0 Å². The van der Waals surface area contributed by atoms with Crippen molar-refractivity contribution in [1.82, 2.24) is 10.2 Å². The molecule has 0 spiro atoms. The predicted octanol–water partition coefficient (Wildman–Crippen LogP) is 3.42. The molecule has 0 amide bonds. The lowest BCUT2D eigenvalue weighted by Gasteiger charge is -2.48. The van der Waals surface area contributed by atoms with Crippen LogP contribution in [0.1, 0.15) is 65.7 Å². The summed E-state index contributed by atoms with van der Waals surface area (Å²) < 4.78 is 0. The molecule has 0 aromatic rings. The maximum atomic E-state index is 4.05. The predicted molar refractivity (Wildman–Crippen MR) is 81.3 cm³/mol. The second-order valence-electron chi connectivity index (χ2n) is 8.40. The Balaban J connectivity index is 1.59. The molecule has 0 radical (unpaired) electrons. The van der Waals surface area contributed by atoms with E-state index in [2.05, 4.69) is 38.0 Å². The van der Waals surface area contributed by atoms with Crippen LogP contribution in [0.15, 0.2) is 0 Å². The summed E-state index contributed by atoms with van der Waals surface area (Å²) in [4.78, 5) is 2.67. The van der Waals surface area contributed by atoms with Crippen LogP contribution in [0.2, 0.25) is 0 Å². The second kappa shape index (κ2) is 5.04. The Morgan fingerprint density at radius 2 is 1.68 bits per heavy atom. The van der Waals surface area contributed by atoms with E-state index in [1.54, 1.807) is 0 Å². The average Bonchev–Trinajstić information content (AvgIpc) is 2.53. The zero-order valence-corrected chi connectivity index (χ0v) is 13.3. The number of hydrogen-bond donors (Lipinski definition) is 1. The molecule has 3 aliphatic rings. The van der Waals surface area contributed by atoms with Gasteiger partial charge >= 0.3 is 0 Å². The van der Waals surface area contributed by atoms with Gasteiger partial charge in [-0.05, 0) is 56.9 Å². The standard InChI is InChI=1S/C17H32N2/c1-12-10-17(2,3)11-16(12)18-13-8-14-6-5-7-15(9-13)19(14)4/h12-16,18H,5-11H2,1-4H3. The van der Waals surface area contributed by atoms with Gasteiger partial charge in [-0.2, -0.15) is 0 Å². The molecule has 3 rings (SSSR count). The van der Waals surface area contributed by atoms with Gasteiger partial charge in [-0.3, -0.25) is 0 Å². The largest absolute Gasteiger partial charge is 0.311 e. The SMILES string of the molecule is CC1CC(C)(C)CC1NC1CC2CCCC(C1)N2C. The Morgan fingerprint density at radius 3 is 2.21 bits per heavy atom. The lowest BCUT2D eigenvalue weighted by molar-refractivity contribution is 0.0445. The molecule has 0 aromatic heterocycles. The van der Waals surface area contributed by atoms with E-state index in [-0.39, 0.29) is 0 Å². The Hall–Kier alpha value is -0.0800. The first-order valence-electron chi connectivity index (χ1n) is 8.42. The third-order valence-corrected chi connectivity index (χ3v) is 6.12. The van der Waals surface area contributed by atoms with E-state index in [0.29, 0.717) is 5.41 Å². The Kier molecular flexibility index (Phi) is 3.68. The van der Waals surface area contributed by atoms with Crippen molar-refractivity contribution in [2.24, 2.45) is 11.3 Å². The average molecular weight is 264 g/mol. The minimum atomic E-state index is 0.554. The van der Waals surface area contributed by atoms with Crippen molar-refractivity contribution in [3.8, 4) is 0 Å². The molecule has 19 heavy (non-hydrogen) atoms. The molecule has 4 unspecified atom stereocenters. The van der Waals surface area contributed by atoms with Crippen molar-refractivity contribution in [2.75, 3.05) is 7.05 Å². The summed E-state index contributed by atoms with van der Waals surface area (Å²) in [5, 5.41) is 4.05. The summed E-state index contributed by atoms with van der Waals surface area (Å²) in [5.41, 5.74) is 0.554. The third-order valence-electron chi connectivity index (χ3n) is 6.12. The molecule has 1 N–H and O–H groups in total. The molecule has 2 aliphatic heterocycles. The van der Waals surface area contributed by atoms with E-state index in [9.17, 15) is 0 Å². The smallest absolute Gasteiger partial charge is 0.0110 e. The van der Waals surface area contributed by atoms with Gasteiger partial charge in [0.05, 0.1) is 0 Å². The highest BCUT2D eigenvalue weighted by Gasteiger charge is 2.40. The number of fused-ring (bicyclic) bond motifs is 2. The maximum Gasteiger partial charge on any atom is 0.0110 e. The normalized spacial score (nSPS) is 46.4. The molecule has 110 valence electrons. The molecule has 2 nitrogen and oxygen atoms in total. The van der Waals surface area contributed by atoms with Gasteiger partial charge < -0.3 is 10.2 Å². The van der Waals surface area contributed by atoms with E-state index in [1.807, 2.05) is 0 Å². The summed E-state index contributed by atoms with van der Waals surface area (Å²) in [7, 11) is 2.35. The van der Waals surface area contributed by atoms with Gasteiger partial charge in [0.2, 0.25) is 0 Å². The Bertz CT molecular complexity index is 311. The number of hydrogen-bond acceptors (Lipinski definition) is 2. The molecular weight excluding hydrogens is 232 g/mol. The molecule has 3 fully saturated rings. The molecule has 2 bridgehead atoms. The fraction of sp³-hybridized carbons (Fsp3) is 1.00. The summed E-state index contributed by atoms with van der Waals surface area (Å²) >= 11 is 0. The van der Waals surface area contributed by atoms with E-state index in [0.717, 1.165) is 30.1 Å². The van der Waals surface area contributed by atoms with E-state index < -0.39 is 0 Å². The van der Waals surface area contributed by atoms with Crippen molar-refractivity contribution >= 4 is 0 Å². The first-order chi connectivity index (χ1) is 8.94. The van der Waals surface area contributed by atoms with Gasteiger partial charge in [-0.15, -0.1) is 0 Å². The third kappa shape index (κ3) is 2.85. The highest BCUT2D eigenvalue weighted by molar-refractivity contribution is 4.98. The Morgan fingerprint density at radius 1 is 1.05 bits per heavy atom. The molecule has 1 saturated carbocycles. The highest BCUT2D eigenvalue weighted by atomic mass is 15.2. The van der Waals surface area contributed by atoms with Crippen molar-refractivity contribution in [1.29, 1.82) is 0 Å². The molecular formula is C17H32N2. The van der Waals surface area contributed by atoms with Crippen LogP contribution in [0.25, 0.3) is 0 Å². The molecule has 0 aromatic carbocycles. The van der Waals surface area contributed by atoms with E-state index in [1.165, 1.54) is 44.9 Å². The fourth-order valence-electron chi connectivity index (χ4n) is 5.17. The van der Waals surface area contributed by atoms with Crippen LogP contribution in [0.4, 0.5) is 0 Å². The Labute approximate surface area is 119 Å². The van der Waals surface area contributed by atoms with Gasteiger partial charge in [0.15, 0.2) is 0 Å². The number of rotatable bonds is 2. The monoisotopic (exact) mass is 264 g/mol. The van der Waals surface area contributed by atoms with Crippen LogP contribution < -0.4 is 5.32 Å². The minimum Gasteiger partial charge on any atom is -0.311 e. The maximum absolute atomic E-state index is 4.05. The fourth-order valence-corrected chi connectivity index (χ4v) is 5.17. The zero-order valence-electron chi connectivity index (χ0n) is 13.3. The minimum absolute atomic E-state index is 0.554. The first kappa shape index (κ1) is 13.9. The van der Waals surface area contributed by atoms with E-state index >= 15 is 0 Å². The lowest BCUT2D eigenvalue weighted by atomic mass is 9.82. The van der Waals surface area contributed by atoms with Crippen LogP contribution in [-0.4, -0.2) is 36.1 Å². The summed E-state index contributed by atoms with van der Waals surface area (Å²) in [6.45, 7) is 7.32. The van der Waals surface area contributed by atoms with Gasteiger partial charge in [-0.25, -0.2) is 0 Å². The molecule has 2 saturated heterocycles. The van der Waals surface area contributed by atoms with Gasteiger partial charge in [-0.1, -0.05) is 27.2 Å². The zero-order chi connectivity index (χ0) is 13.6.